The van der Waals surface area contributed by atoms with Gasteiger partial charge in [0.2, 0.25) is 0 Å². The number of nitrogens with two attached hydrogens (primary N) is 1. The van der Waals surface area contributed by atoms with Gasteiger partial charge in [-0.25, -0.2) is 15.0 Å². The molecule has 2 fully saturated rings. The molecule has 1 aromatic carbocycles. The minimum absolute atomic E-state index is 0.0487. The summed E-state index contributed by atoms with van der Waals surface area (Å²) in [6, 6.07) is 8.07. The van der Waals surface area contributed by atoms with Gasteiger partial charge in [-0.15, -0.1) is 0 Å². The van der Waals surface area contributed by atoms with Gasteiger partial charge in [0.05, 0.1) is 22.6 Å². The molecule has 0 radical (unpaired) electrons. The molecule has 9 heteroatoms. The van der Waals surface area contributed by atoms with Crippen molar-refractivity contribution in [2.45, 2.75) is 50.7 Å². The number of nitrogens with one attached hydrogen (secondary N) is 2. The third-order valence-corrected chi connectivity index (χ3v) is 5.54. The fraction of sp³-hybridized carbons (Fsp3) is 0.381. The highest BCUT2D eigenvalue weighted by atomic mass is 16.1. The topological polar surface area (TPSA) is 135 Å². The smallest absolute Gasteiger partial charge is 0.253 e. The number of carbonyl (C=O) groups is 1. The minimum Gasteiger partial charge on any atom is -0.382 e. The summed E-state index contributed by atoms with van der Waals surface area (Å²) in [6.45, 7) is 1.96. The quantitative estimate of drug-likeness (QED) is 0.577. The van der Waals surface area contributed by atoms with Crippen LogP contribution in [0, 0.1) is 11.3 Å². The normalized spacial score (nSPS) is 16.8. The number of fused-ring (bicyclic) bond motifs is 1. The van der Waals surface area contributed by atoms with Crippen molar-refractivity contribution in [2.75, 3.05) is 11.1 Å². The third-order valence-electron chi connectivity index (χ3n) is 5.54. The molecular weight excluding hydrogens is 380 g/mol. The van der Waals surface area contributed by atoms with Crippen LogP contribution in [-0.4, -0.2) is 31.5 Å². The van der Waals surface area contributed by atoms with E-state index in [-0.39, 0.29) is 29.4 Å². The van der Waals surface area contributed by atoms with E-state index in [0.717, 1.165) is 42.5 Å². The predicted molar refractivity (Wildman–Crippen MR) is 112 cm³/mol. The first-order valence-electron chi connectivity index (χ1n) is 10.2. The average Bonchev–Trinajstić information content (AvgIpc) is 3.66. The molecule has 0 spiro atoms. The van der Waals surface area contributed by atoms with E-state index in [9.17, 15) is 10.1 Å². The Kier molecular flexibility index (Phi) is 4.28. The lowest BCUT2D eigenvalue weighted by molar-refractivity contribution is 0.0952. The van der Waals surface area contributed by atoms with Crippen molar-refractivity contribution < 1.29 is 4.79 Å². The van der Waals surface area contributed by atoms with Crippen LogP contribution in [0.1, 0.15) is 66.4 Å². The fourth-order valence-corrected chi connectivity index (χ4v) is 3.74. The maximum Gasteiger partial charge on any atom is 0.253 e. The number of nitrogen functional groups attached to an aromatic ring is 1. The van der Waals surface area contributed by atoms with Crippen LogP contribution < -0.4 is 16.4 Å². The lowest BCUT2D eigenvalue weighted by atomic mass is 10.1. The monoisotopic (exact) mass is 402 g/mol. The molecule has 2 heterocycles. The zero-order valence-electron chi connectivity index (χ0n) is 16.6. The van der Waals surface area contributed by atoms with E-state index in [2.05, 4.69) is 31.2 Å². The Hall–Kier alpha value is -3.67. The summed E-state index contributed by atoms with van der Waals surface area (Å²) < 4.78 is 2.17. The predicted octanol–water partition coefficient (Wildman–Crippen LogP) is 2.68. The third kappa shape index (κ3) is 3.20. The van der Waals surface area contributed by atoms with Crippen LogP contribution in [0.4, 0.5) is 11.6 Å². The first-order valence-corrected chi connectivity index (χ1v) is 10.2. The molecule has 4 N–H and O–H groups in total. The van der Waals surface area contributed by atoms with Crippen molar-refractivity contribution in [3.63, 3.8) is 0 Å². The SMILES string of the molecule is C[C@H](Nc1ncnc(N)c1C#N)c1nc2cccc(C(=O)NC3CC3)c2n1C1CC1. The zero-order chi connectivity index (χ0) is 20.8. The van der Waals surface area contributed by atoms with Crippen LogP contribution in [0.2, 0.25) is 0 Å². The highest BCUT2D eigenvalue weighted by Gasteiger charge is 2.33. The Balaban J connectivity index is 1.56. The highest BCUT2D eigenvalue weighted by molar-refractivity contribution is 6.05. The van der Waals surface area contributed by atoms with Gasteiger partial charge in [0.1, 0.15) is 35.4 Å². The van der Waals surface area contributed by atoms with Gasteiger partial charge in [0.25, 0.3) is 5.91 Å². The summed E-state index contributed by atoms with van der Waals surface area (Å²) in [5, 5.41) is 15.8. The van der Waals surface area contributed by atoms with Crippen molar-refractivity contribution in [3.05, 3.63) is 41.5 Å². The van der Waals surface area contributed by atoms with Crippen LogP contribution in [0.3, 0.4) is 0 Å². The molecule has 2 aliphatic rings. The van der Waals surface area contributed by atoms with Crippen molar-refractivity contribution in [3.8, 4) is 6.07 Å². The van der Waals surface area contributed by atoms with E-state index in [1.807, 2.05) is 25.1 Å². The molecule has 1 amide bonds. The molecule has 1 atom stereocenters. The second kappa shape index (κ2) is 6.99. The Morgan fingerprint density at radius 2 is 2.10 bits per heavy atom. The maximum absolute atomic E-state index is 12.9. The van der Waals surface area contributed by atoms with Crippen molar-refractivity contribution in [2.24, 2.45) is 0 Å². The Labute approximate surface area is 173 Å². The average molecular weight is 402 g/mol. The number of nitriles is 1. The highest BCUT2D eigenvalue weighted by Crippen LogP contribution is 2.41. The number of hydrogen-bond acceptors (Lipinski definition) is 7. The van der Waals surface area contributed by atoms with Crippen LogP contribution >= 0.6 is 0 Å². The van der Waals surface area contributed by atoms with Gasteiger partial charge in [-0.1, -0.05) is 6.07 Å². The molecule has 30 heavy (non-hydrogen) atoms. The van der Waals surface area contributed by atoms with Gasteiger partial charge < -0.3 is 20.9 Å². The Bertz CT molecular complexity index is 1190. The largest absolute Gasteiger partial charge is 0.382 e. The number of benzene rings is 1. The first-order chi connectivity index (χ1) is 14.6. The van der Waals surface area contributed by atoms with Crippen molar-refractivity contribution in [1.82, 2.24) is 24.8 Å². The number of imidazole rings is 1. The molecule has 0 bridgehead atoms. The van der Waals surface area contributed by atoms with E-state index < -0.39 is 0 Å². The molecule has 2 aromatic heterocycles. The number of nitrogens with zero attached hydrogens (tertiary/aromatic N) is 5. The number of para-hydroxylation sites is 1. The van der Waals surface area contributed by atoms with Gasteiger partial charge >= 0.3 is 0 Å². The molecule has 2 aliphatic carbocycles. The Morgan fingerprint density at radius 1 is 1.30 bits per heavy atom. The Morgan fingerprint density at radius 3 is 2.80 bits per heavy atom. The second-order valence-electron chi connectivity index (χ2n) is 7.95. The molecule has 2 saturated carbocycles. The zero-order valence-corrected chi connectivity index (χ0v) is 16.6. The number of aromatic nitrogens is 4. The van der Waals surface area contributed by atoms with Gasteiger partial charge in [-0.2, -0.15) is 5.26 Å². The summed E-state index contributed by atoms with van der Waals surface area (Å²) in [5.41, 5.74) is 8.33. The molecule has 0 unspecified atom stereocenters. The molecule has 3 aromatic rings. The van der Waals surface area contributed by atoms with Gasteiger partial charge in [-0.05, 0) is 44.7 Å². The summed E-state index contributed by atoms with van der Waals surface area (Å²) in [5.74, 6) is 1.27. The number of anilines is 2. The molecule has 152 valence electrons. The van der Waals surface area contributed by atoms with E-state index in [4.69, 9.17) is 10.7 Å². The van der Waals surface area contributed by atoms with E-state index >= 15 is 0 Å². The van der Waals surface area contributed by atoms with Gasteiger partial charge in [0.15, 0.2) is 0 Å². The number of carbonyl (C=O) groups excluding carboxylic acids is 1. The standard InChI is InChI=1S/C21H22N8O/c1-11(26-19-15(9-22)18(23)24-10-25-19)20-28-16-4-2-3-14(21(30)27-12-5-6-12)17(16)29(20)13-7-8-13/h2-4,10-13H,5-8H2,1H3,(H,27,30)(H3,23,24,25,26)/t11-/m0/s1. The van der Waals surface area contributed by atoms with Crippen molar-refractivity contribution >= 4 is 28.6 Å². The van der Waals surface area contributed by atoms with Crippen LogP contribution in [0.25, 0.3) is 11.0 Å². The second-order valence-corrected chi connectivity index (χ2v) is 7.95. The van der Waals surface area contributed by atoms with E-state index in [1.54, 1.807) is 0 Å². The molecule has 0 saturated heterocycles. The lowest BCUT2D eigenvalue weighted by Crippen LogP contribution is -2.26. The molecular formula is C21H22N8O. The first kappa shape index (κ1) is 18.4. The maximum atomic E-state index is 12.9. The summed E-state index contributed by atoms with van der Waals surface area (Å²) in [7, 11) is 0. The van der Waals surface area contributed by atoms with E-state index in [1.165, 1.54) is 6.33 Å². The summed E-state index contributed by atoms with van der Waals surface area (Å²) >= 11 is 0. The van der Waals surface area contributed by atoms with Crippen LogP contribution in [-0.2, 0) is 0 Å². The molecule has 0 aliphatic heterocycles. The van der Waals surface area contributed by atoms with Gasteiger partial charge in [-0.3, -0.25) is 4.79 Å². The van der Waals surface area contributed by atoms with Crippen molar-refractivity contribution in [1.29, 1.82) is 5.26 Å². The lowest BCUT2D eigenvalue weighted by Gasteiger charge is -2.18. The fourth-order valence-electron chi connectivity index (χ4n) is 3.74. The number of amides is 1. The number of hydrogen-bond donors (Lipinski definition) is 3. The van der Waals surface area contributed by atoms with Crippen LogP contribution in [0.5, 0.6) is 0 Å². The molecule has 9 nitrogen and oxygen atoms in total. The molecule has 5 rings (SSSR count). The number of rotatable bonds is 6. The summed E-state index contributed by atoms with van der Waals surface area (Å²) in [4.78, 5) is 25.8. The van der Waals surface area contributed by atoms with Crippen LogP contribution in [0.15, 0.2) is 24.5 Å². The van der Waals surface area contributed by atoms with E-state index in [0.29, 0.717) is 17.4 Å². The summed E-state index contributed by atoms with van der Waals surface area (Å²) in [6.07, 6.45) is 5.51. The minimum atomic E-state index is -0.251. The van der Waals surface area contributed by atoms with Gasteiger partial charge in [0, 0.05) is 12.1 Å².